The number of fused-ring (bicyclic) bond motifs is 2. The monoisotopic (exact) mass is 484 g/mol. The molecule has 5 heterocycles. The SMILES string of the molecule is c1ccc(-c2nnc3sc(-c4ccc(-c5nn6c(-c7ccccc7)nnc6s5)s4)nn23)cc1. The van der Waals surface area contributed by atoms with Crippen LogP contribution in [-0.4, -0.2) is 39.6 Å². The van der Waals surface area contributed by atoms with Gasteiger partial charge in [-0.15, -0.1) is 31.7 Å². The van der Waals surface area contributed by atoms with Gasteiger partial charge in [0.05, 0.1) is 9.75 Å². The van der Waals surface area contributed by atoms with Crippen molar-refractivity contribution in [3.8, 4) is 42.5 Å². The quantitative estimate of drug-likeness (QED) is 0.332. The van der Waals surface area contributed by atoms with Crippen LogP contribution in [0, 0.1) is 0 Å². The van der Waals surface area contributed by atoms with Crippen molar-refractivity contribution in [1.29, 1.82) is 0 Å². The van der Waals surface area contributed by atoms with Gasteiger partial charge in [0.15, 0.2) is 21.7 Å². The van der Waals surface area contributed by atoms with Crippen LogP contribution < -0.4 is 0 Å². The lowest BCUT2D eigenvalue weighted by Crippen LogP contribution is -1.90. The van der Waals surface area contributed by atoms with Gasteiger partial charge in [0.2, 0.25) is 9.92 Å². The molecule has 0 unspecified atom stereocenters. The molecule has 158 valence electrons. The Kier molecular flexibility index (Phi) is 4.19. The Bertz CT molecular complexity index is 1600. The molecule has 0 N–H and O–H groups in total. The van der Waals surface area contributed by atoms with Crippen LogP contribution in [0.2, 0.25) is 0 Å². The summed E-state index contributed by atoms with van der Waals surface area (Å²) in [4.78, 5) is 3.66. The molecule has 33 heavy (non-hydrogen) atoms. The van der Waals surface area contributed by atoms with Crippen LogP contribution >= 0.6 is 34.0 Å². The molecule has 11 heteroatoms. The van der Waals surface area contributed by atoms with Crippen molar-refractivity contribution in [3.05, 3.63) is 72.8 Å². The van der Waals surface area contributed by atoms with Gasteiger partial charge in [-0.05, 0) is 12.1 Å². The maximum Gasteiger partial charge on any atom is 0.235 e. The van der Waals surface area contributed by atoms with Crippen molar-refractivity contribution >= 4 is 43.9 Å². The van der Waals surface area contributed by atoms with Gasteiger partial charge in [-0.1, -0.05) is 83.3 Å². The molecular formula is C22H12N8S3. The molecule has 0 aliphatic rings. The second kappa shape index (κ2) is 7.37. The minimum Gasteiger partial charge on any atom is -0.182 e. The van der Waals surface area contributed by atoms with E-state index in [0.717, 1.165) is 52.5 Å². The average Bonchev–Trinajstić information content (AvgIpc) is 3.65. The minimum atomic E-state index is 0.743. The van der Waals surface area contributed by atoms with E-state index in [9.17, 15) is 0 Å². The lowest BCUT2D eigenvalue weighted by Gasteiger charge is -1.95. The third-order valence-corrected chi connectivity index (χ3v) is 8.29. The van der Waals surface area contributed by atoms with Gasteiger partial charge in [-0.2, -0.15) is 19.2 Å². The Morgan fingerprint density at radius 1 is 0.485 bits per heavy atom. The van der Waals surface area contributed by atoms with Gasteiger partial charge in [0.1, 0.15) is 0 Å². The summed E-state index contributed by atoms with van der Waals surface area (Å²) in [6.45, 7) is 0. The Morgan fingerprint density at radius 3 is 1.39 bits per heavy atom. The molecule has 5 aromatic heterocycles. The molecule has 0 amide bonds. The molecule has 0 spiro atoms. The lowest BCUT2D eigenvalue weighted by atomic mass is 10.2. The molecule has 0 atom stereocenters. The fraction of sp³-hybridized carbons (Fsp3) is 0. The van der Waals surface area contributed by atoms with Crippen LogP contribution in [0.5, 0.6) is 0 Å². The highest BCUT2D eigenvalue weighted by molar-refractivity contribution is 7.28. The Balaban J connectivity index is 1.25. The third-order valence-electron chi connectivity index (χ3n) is 5.07. The predicted octanol–water partition coefficient (Wildman–Crippen LogP) is 5.41. The zero-order valence-corrected chi connectivity index (χ0v) is 19.2. The zero-order valence-electron chi connectivity index (χ0n) is 16.7. The van der Waals surface area contributed by atoms with Crippen LogP contribution in [0.15, 0.2) is 72.8 Å². The van der Waals surface area contributed by atoms with Crippen molar-refractivity contribution in [2.75, 3.05) is 0 Å². The first-order chi connectivity index (χ1) is 16.3. The highest BCUT2D eigenvalue weighted by Crippen LogP contribution is 2.38. The number of nitrogens with zero attached hydrogens (tertiary/aromatic N) is 8. The molecule has 0 bridgehead atoms. The zero-order chi connectivity index (χ0) is 21.8. The second-order valence-corrected chi connectivity index (χ2v) is 10.1. The number of aromatic nitrogens is 8. The number of thiophene rings is 1. The first kappa shape index (κ1) is 18.7. The van der Waals surface area contributed by atoms with E-state index < -0.39 is 0 Å². The first-order valence-corrected chi connectivity index (χ1v) is 12.4. The van der Waals surface area contributed by atoms with Gasteiger partial charge in [-0.25, -0.2) is 0 Å². The summed E-state index contributed by atoms with van der Waals surface area (Å²) in [5, 5.41) is 28.6. The summed E-state index contributed by atoms with van der Waals surface area (Å²) in [5.74, 6) is 1.49. The highest BCUT2D eigenvalue weighted by Gasteiger charge is 2.18. The maximum atomic E-state index is 4.79. The topological polar surface area (TPSA) is 86.2 Å². The number of benzene rings is 2. The van der Waals surface area contributed by atoms with Crippen LogP contribution in [0.1, 0.15) is 0 Å². The molecule has 2 aromatic carbocycles. The van der Waals surface area contributed by atoms with Crippen LogP contribution in [-0.2, 0) is 0 Å². The van der Waals surface area contributed by atoms with Crippen LogP contribution in [0.3, 0.4) is 0 Å². The molecule has 7 rings (SSSR count). The van der Waals surface area contributed by atoms with E-state index in [1.165, 1.54) is 22.7 Å². The van der Waals surface area contributed by atoms with Crippen molar-refractivity contribution < 1.29 is 0 Å². The van der Waals surface area contributed by atoms with Crippen molar-refractivity contribution in [1.82, 2.24) is 39.6 Å². The van der Waals surface area contributed by atoms with E-state index in [1.54, 1.807) is 11.3 Å². The number of hydrogen-bond donors (Lipinski definition) is 0. The predicted molar refractivity (Wildman–Crippen MR) is 130 cm³/mol. The van der Waals surface area contributed by atoms with Gasteiger partial charge < -0.3 is 0 Å². The van der Waals surface area contributed by atoms with Crippen molar-refractivity contribution in [2.24, 2.45) is 0 Å². The molecule has 0 aliphatic heterocycles. The number of hydrogen-bond acceptors (Lipinski definition) is 9. The molecule has 0 saturated carbocycles. The van der Waals surface area contributed by atoms with Crippen molar-refractivity contribution in [3.63, 3.8) is 0 Å². The van der Waals surface area contributed by atoms with Crippen LogP contribution in [0.25, 0.3) is 52.5 Å². The van der Waals surface area contributed by atoms with Gasteiger partial charge in [0.25, 0.3) is 0 Å². The summed E-state index contributed by atoms with van der Waals surface area (Å²) < 4.78 is 3.62. The van der Waals surface area contributed by atoms with E-state index >= 15 is 0 Å². The van der Waals surface area contributed by atoms with Gasteiger partial charge in [0, 0.05) is 11.1 Å². The molecule has 0 fully saturated rings. The fourth-order valence-corrected chi connectivity index (χ4v) is 6.32. The Hall–Kier alpha value is -3.80. The summed E-state index contributed by atoms with van der Waals surface area (Å²) in [5.41, 5.74) is 1.98. The molecule has 0 aliphatic carbocycles. The van der Waals surface area contributed by atoms with E-state index in [1.807, 2.05) is 69.7 Å². The Morgan fingerprint density at radius 2 is 0.939 bits per heavy atom. The summed E-state index contributed by atoms with van der Waals surface area (Å²) in [7, 11) is 0. The third kappa shape index (κ3) is 3.09. The first-order valence-electron chi connectivity index (χ1n) is 9.99. The van der Waals surface area contributed by atoms with Gasteiger partial charge >= 0.3 is 0 Å². The van der Waals surface area contributed by atoms with Gasteiger partial charge in [-0.3, -0.25) is 0 Å². The lowest BCUT2D eigenvalue weighted by molar-refractivity contribution is 0.972. The van der Waals surface area contributed by atoms with Crippen molar-refractivity contribution in [2.45, 2.75) is 0 Å². The smallest absolute Gasteiger partial charge is 0.182 e. The largest absolute Gasteiger partial charge is 0.235 e. The average molecular weight is 485 g/mol. The molecule has 0 saturated heterocycles. The van der Waals surface area contributed by atoms with E-state index in [4.69, 9.17) is 10.2 Å². The van der Waals surface area contributed by atoms with E-state index in [-0.39, 0.29) is 0 Å². The number of rotatable bonds is 4. The fourth-order valence-electron chi connectivity index (χ4n) is 3.54. The molecule has 7 aromatic rings. The summed E-state index contributed by atoms with van der Waals surface area (Å²) in [6.07, 6.45) is 0. The highest BCUT2D eigenvalue weighted by atomic mass is 32.1. The molecule has 8 nitrogen and oxygen atoms in total. The molecular weight excluding hydrogens is 472 g/mol. The Labute approximate surface area is 198 Å². The standard InChI is InChI=1S/C22H12N8S3/c1-3-7-13(8-4-1)17-23-25-21-29(17)27-19(32-21)15-11-12-16(31-15)20-28-30-18(24-26-22(30)33-20)14-9-5-2-6-10-14/h1-12H. The maximum absolute atomic E-state index is 4.79. The van der Waals surface area contributed by atoms with E-state index in [2.05, 4.69) is 32.5 Å². The normalized spacial score (nSPS) is 11.6. The minimum absolute atomic E-state index is 0.743. The van der Waals surface area contributed by atoms with Crippen LogP contribution in [0.4, 0.5) is 0 Å². The second-order valence-electron chi connectivity index (χ2n) is 7.15. The molecule has 0 radical (unpaired) electrons. The summed E-state index contributed by atoms with van der Waals surface area (Å²) in [6, 6.07) is 24.1. The van der Waals surface area contributed by atoms with E-state index in [0.29, 0.717) is 0 Å². The summed E-state index contributed by atoms with van der Waals surface area (Å²) >= 11 is 4.70.